The molecule has 0 aliphatic carbocycles. The van der Waals surface area contributed by atoms with Gasteiger partial charge in [-0.1, -0.05) is 11.3 Å². The fourth-order valence-corrected chi connectivity index (χ4v) is 1.87. The molecule has 1 aromatic carbocycles. The van der Waals surface area contributed by atoms with Gasteiger partial charge in [-0.3, -0.25) is 0 Å². The maximum absolute atomic E-state index is 13.6. The first kappa shape index (κ1) is 11.2. The van der Waals surface area contributed by atoms with Crippen molar-refractivity contribution in [2.45, 2.75) is 6.42 Å². The van der Waals surface area contributed by atoms with E-state index in [1.54, 1.807) is 18.3 Å². The molecule has 84 valence electrons. The minimum absolute atomic E-state index is 0.00284. The second-order valence-electron chi connectivity index (χ2n) is 3.20. The Bertz CT molecular complexity index is 480. The minimum Gasteiger partial charge on any atom is -0.396 e. The Balaban J connectivity index is 2.42. The van der Waals surface area contributed by atoms with Crippen LogP contribution in [0.1, 0.15) is 5.69 Å². The molecule has 2 rings (SSSR count). The molecule has 0 spiro atoms. The highest BCUT2D eigenvalue weighted by molar-refractivity contribution is 9.10. The predicted octanol–water partition coefficient (Wildman–Crippen LogP) is 1.70. The number of aliphatic hydroxyl groups is 1. The standard InChI is InChI=1S/C10H9BrFN3O/c11-8-2-1-3-9(12)10(8)15-6-7(4-5-16)13-14-15/h1-3,6,16H,4-5H2. The third-order valence-corrected chi connectivity index (χ3v) is 2.72. The fourth-order valence-electron chi connectivity index (χ4n) is 1.34. The van der Waals surface area contributed by atoms with Gasteiger partial charge < -0.3 is 5.11 Å². The Morgan fingerprint density at radius 3 is 2.94 bits per heavy atom. The number of nitrogens with zero attached hydrogens (tertiary/aromatic N) is 3. The van der Waals surface area contributed by atoms with Gasteiger partial charge in [-0.2, -0.15) is 0 Å². The summed E-state index contributed by atoms with van der Waals surface area (Å²) in [5, 5.41) is 16.4. The van der Waals surface area contributed by atoms with E-state index in [0.29, 0.717) is 22.3 Å². The molecule has 1 aromatic heterocycles. The summed E-state index contributed by atoms with van der Waals surface area (Å²) in [6.07, 6.45) is 2.01. The van der Waals surface area contributed by atoms with Gasteiger partial charge in [0.05, 0.1) is 11.9 Å². The molecule has 1 N–H and O–H groups in total. The Morgan fingerprint density at radius 2 is 2.25 bits per heavy atom. The van der Waals surface area contributed by atoms with E-state index in [-0.39, 0.29) is 12.4 Å². The van der Waals surface area contributed by atoms with Gasteiger partial charge in [-0.15, -0.1) is 5.10 Å². The van der Waals surface area contributed by atoms with Crippen LogP contribution in [0.5, 0.6) is 0 Å². The number of rotatable bonds is 3. The molecule has 0 radical (unpaired) electrons. The highest BCUT2D eigenvalue weighted by atomic mass is 79.9. The molecule has 0 amide bonds. The summed E-state index contributed by atoms with van der Waals surface area (Å²) in [5.41, 5.74) is 0.942. The predicted molar refractivity (Wildman–Crippen MR) is 59.8 cm³/mol. The summed E-state index contributed by atoms with van der Waals surface area (Å²) in [6.45, 7) is -0.00284. The normalized spacial score (nSPS) is 10.7. The van der Waals surface area contributed by atoms with Crippen molar-refractivity contribution in [3.63, 3.8) is 0 Å². The fraction of sp³-hybridized carbons (Fsp3) is 0.200. The zero-order chi connectivity index (χ0) is 11.5. The lowest BCUT2D eigenvalue weighted by Crippen LogP contribution is -1.99. The highest BCUT2D eigenvalue weighted by Gasteiger charge is 2.10. The summed E-state index contributed by atoms with van der Waals surface area (Å²) < 4.78 is 15.5. The van der Waals surface area contributed by atoms with Crippen molar-refractivity contribution >= 4 is 15.9 Å². The summed E-state index contributed by atoms with van der Waals surface area (Å²) in [7, 11) is 0. The van der Waals surface area contributed by atoms with Crippen LogP contribution in [0.15, 0.2) is 28.9 Å². The zero-order valence-electron chi connectivity index (χ0n) is 8.27. The second-order valence-corrected chi connectivity index (χ2v) is 4.05. The first-order valence-electron chi connectivity index (χ1n) is 4.69. The average molecular weight is 286 g/mol. The van der Waals surface area contributed by atoms with Crippen LogP contribution >= 0.6 is 15.9 Å². The molecule has 16 heavy (non-hydrogen) atoms. The molecule has 0 aliphatic heterocycles. The lowest BCUT2D eigenvalue weighted by Gasteiger charge is -2.03. The molecule has 4 nitrogen and oxygen atoms in total. The van der Waals surface area contributed by atoms with Crippen LogP contribution in [0.4, 0.5) is 4.39 Å². The maximum Gasteiger partial charge on any atom is 0.150 e. The SMILES string of the molecule is OCCc1cn(-c2c(F)cccc2Br)nn1. The van der Waals surface area contributed by atoms with E-state index in [0.717, 1.165) is 0 Å². The van der Waals surface area contributed by atoms with Gasteiger partial charge in [0.25, 0.3) is 0 Å². The molecule has 0 bridgehead atoms. The van der Waals surface area contributed by atoms with Gasteiger partial charge in [0.2, 0.25) is 0 Å². The molecule has 0 unspecified atom stereocenters. The average Bonchev–Trinajstić information content (AvgIpc) is 2.67. The monoisotopic (exact) mass is 285 g/mol. The molecule has 0 saturated carbocycles. The number of halogens is 2. The smallest absolute Gasteiger partial charge is 0.150 e. The van der Waals surface area contributed by atoms with Gasteiger partial charge in [-0.05, 0) is 28.1 Å². The Hall–Kier alpha value is -1.27. The van der Waals surface area contributed by atoms with Crippen LogP contribution in [0, 0.1) is 5.82 Å². The molecule has 6 heteroatoms. The van der Waals surface area contributed by atoms with E-state index in [4.69, 9.17) is 5.11 Å². The molecular weight excluding hydrogens is 277 g/mol. The van der Waals surface area contributed by atoms with Gasteiger partial charge >= 0.3 is 0 Å². The number of hydrogen-bond acceptors (Lipinski definition) is 3. The highest BCUT2D eigenvalue weighted by Crippen LogP contribution is 2.23. The zero-order valence-corrected chi connectivity index (χ0v) is 9.85. The van der Waals surface area contributed by atoms with Gasteiger partial charge in [-0.25, -0.2) is 9.07 Å². The van der Waals surface area contributed by atoms with Gasteiger partial charge in [0.1, 0.15) is 11.5 Å². The van der Waals surface area contributed by atoms with E-state index < -0.39 is 0 Å². The Labute approximate surface area is 99.8 Å². The molecule has 0 fully saturated rings. The minimum atomic E-state index is -0.380. The first-order chi connectivity index (χ1) is 7.72. The largest absolute Gasteiger partial charge is 0.396 e. The van der Waals surface area contributed by atoms with Crippen LogP contribution in [-0.4, -0.2) is 26.7 Å². The van der Waals surface area contributed by atoms with Crippen LogP contribution in [0.25, 0.3) is 5.69 Å². The van der Waals surface area contributed by atoms with Crippen molar-refractivity contribution in [2.24, 2.45) is 0 Å². The summed E-state index contributed by atoms with van der Waals surface area (Å²) >= 11 is 3.25. The Kier molecular flexibility index (Phi) is 3.31. The van der Waals surface area contributed by atoms with Crippen LogP contribution < -0.4 is 0 Å². The lowest BCUT2D eigenvalue weighted by atomic mass is 10.3. The molecular formula is C10H9BrFN3O. The summed E-state index contributed by atoms with van der Waals surface area (Å²) in [6, 6.07) is 4.69. The van der Waals surface area contributed by atoms with Crippen molar-refractivity contribution in [1.29, 1.82) is 0 Å². The molecule has 1 heterocycles. The van der Waals surface area contributed by atoms with Crippen molar-refractivity contribution in [3.05, 3.63) is 40.4 Å². The molecule has 0 saturated heterocycles. The van der Waals surface area contributed by atoms with Gasteiger partial charge in [0.15, 0.2) is 0 Å². The molecule has 0 atom stereocenters. The number of aliphatic hydroxyl groups excluding tert-OH is 1. The van der Waals surface area contributed by atoms with Crippen molar-refractivity contribution in [2.75, 3.05) is 6.61 Å². The lowest BCUT2D eigenvalue weighted by molar-refractivity contribution is 0.298. The quantitative estimate of drug-likeness (QED) is 0.934. The Morgan fingerprint density at radius 1 is 1.44 bits per heavy atom. The number of aromatic nitrogens is 3. The first-order valence-corrected chi connectivity index (χ1v) is 5.48. The topological polar surface area (TPSA) is 50.9 Å². The summed E-state index contributed by atoms with van der Waals surface area (Å²) in [4.78, 5) is 0. The molecule has 0 aliphatic rings. The van der Waals surface area contributed by atoms with Gasteiger partial charge in [0, 0.05) is 17.5 Å². The van der Waals surface area contributed by atoms with Crippen LogP contribution in [0.3, 0.4) is 0 Å². The van der Waals surface area contributed by atoms with Crippen LogP contribution in [-0.2, 0) is 6.42 Å². The van der Waals surface area contributed by atoms with E-state index in [9.17, 15) is 4.39 Å². The number of hydrogen-bond donors (Lipinski definition) is 1. The summed E-state index contributed by atoms with van der Waals surface area (Å²) in [5.74, 6) is -0.380. The number of benzene rings is 1. The third-order valence-electron chi connectivity index (χ3n) is 2.08. The van der Waals surface area contributed by atoms with Crippen LogP contribution in [0.2, 0.25) is 0 Å². The molecule has 2 aromatic rings. The second kappa shape index (κ2) is 4.71. The van der Waals surface area contributed by atoms with Crippen molar-refractivity contribution in [1.82, 2.24) is 15.0 Å². The van der Waals surface area contributed by atoms with E-state index >= 15 is 0 Å². The van der Waals surface area contributed by atoms with E-state index in [2.05, 4.69) is 26.2 Å². The van der Waals surface area contributed by atoms with E-state index in [1.165, 1.54) is 10.7 Å². The maximum atomic E-state index is 13.6. The third kappa shape index (κ3) is 2.12. The van der Waals surface area contributed by atoms with E-state index in [1.807, 2.05) is 0 Å². The van der Waals surface area contributed by atoms with Crippen molar-refractivity contribution < 1.29 is 9.50 Å². The van der Waals surface area contributed by atoms with Crippen molar-refractivity contribution in [3.8, 4) is 5.69 Å². The number of para-hydroxylation sites is 1.